The van der Waals surface area contributed by atoms with Gasteiger partial charge in [-0.2, -0.15) is 5.10 Å². The first-order valence-corrected chi connectivity index (χ1v) is 8.78. The Balaban J connectivity index is 1.98. The fraction of sp³-hybridized carbons (Fsp3) is 0.786. The van der Waals surface area contributed by atoms with Gasteiger partial charge in [-0.1, -0.05) is 27.7 Å². The van der Waals surface area contributed by atoms with E-state index in [9.17, 15) is 8.42 Å². The summed E-state index contributed by atoms with van der Waals surface area (Å²) < 4.78 is 28.9. The fourth-order valence-electron chi connectivity index (χ4n) is 2.95. The quantitative estimate of drug-likeness (QED) is 0.789. The van der Waals surface area contributed by atoms with E-state index in [1.54, 1.807) is 10.9 Å². The number of rotatable bonds is 7. The van der Waals surface area contributed by atoms with Crippen LogP contribution in [0.25, 0.3) is 0 Å². The second kappa shape index (κ2) is 5.37. The van der Waals surface area contributed by atoms with Gasteiger partial charge in [0.25, 0.3) is 0 Å². The first-order chi connectivity index (χ1) is 9.63. The Morgan fingerprint density at radius 1 is 1.29 bits per heavy atom. The summed E-state index contributed by atoms with van der Waals surface area (Å²) in [5, 5.41) is 7.08. The van der Waals surface area contributed by atoms with Crippen LogP contribution in [0.2, 0.25) is 0 Å². The predicted molar refractivity (Wildman–Crippen MR) is 82.4 cm³/mol. The standard InChI is InChI=1S/C14H26N4O2S/c1-13(2)12(14(13,3)4)9-17-21(19,20)11-8-16-18(10-11)7-6-15-5/h8,10,12,15,17H,6-7,9H2,1-5H3. The Labute approximate surface area is 127 Å². The Kier molecular flexibility index (Phi) is 4.21. The Morgan fingerprint density at radius 3 is 2.43 bits per heavy atom. The molecule has 1 aromatic rings. The molecule has 21 heavy (non-hydrogen) atoms. The molecule has 1 aliphatic carbocycles. The van der Waals surface area contributed by atoms with E-state index in [0.29, 0.717) is 19.0 Å². The highest BCUT2D eigenvalue weighted by atomic mass is 32.2. The van der Waals surface area contributed by atoms with Crippen molar-refractivity contribution in [3.63, 3.8) is 0 Å². The molecule has 0 unspecified atom stereocenters. The van der Waals surface area contributed by atoms with Crippen molar-refractivity contribution in [2.45, 2.75) is 39.1 Å². The van der Waals surface area contributed by atoms with E-state index < -0.39 is 10.0 Å². The maximum Gasteiger partial charge on any atom is 0.243 e. The minimum absolute atomic E-state index is 0.173. The minimum Gasteiger partial charge on any atom is -0.318 e. The molecule has 0 amide bonds. The molecule has 1 aromatic heterocycles. The highest BCUT2D eigenvalue weighted by molar-refractivity contribution is 7.89. The number of sulfonamides is 1. The lowest BCUT2D eigenvalue weighted by Crippen LogP contribution is -2.27. The zero-order chi connectivity index (χ0) is 15.9. The van der Waals surface area contributed by atoms with Gasteiger partial charge in [0, 0.05) is 19.3 Å². The van der Waals surface area contributed by atoms with E-state index >= 15 is 0 Å². The molecule has 0 bridgehead atoms. The number of hydrogen-bond acceptors (Lipinski definition) is 4. The molecule has 0 spiro atoms. The lowest BCUT2D eigenvalue weighted by Gasteiger charge is -2.06. The van der Waals surface area contributed by atoms with Gasteiger partial charge in [0.2, 0.25) is 10.0 Å². The molecule has 0 aromatic carbocycles. The highest BCUT2D eigenvalue weighted by Gasteiger charge is 2.64. The van der Waals surface area contributed by atoms with Gasteiger partial charge >= 0.3 is 0 Å². The van der Waals surface area contributed by atoms with E-state index in [2.05, 4.69) is 42.8 Å². The largest absolute Gasteiger partial charge is 0.318 e. The first kappa shape index (κ1) is 16.5. The summed E-state index contributed by atoms with van der Waals surface area (Å²) in [6, 6.07) is 0. The van der Waals surface area contributed by atoms with Gasteiger partial charge in [-0.05, 0) is 23.8 Å². The molecule has 2 N–H and O–H groups in total. The molecule has 7 heteroatoms. The van der Waals surface area contributed by atoms with E-state index in [1.165, 1.54) is 6.20 Å². The van der Waals surface area contributed by atoms with Crippen molar-refractivity contribution in [1.29, 1.82) is 0 Å². The molecular formula is C14H26N4O2S. The molecule has 1 saturated carbocycles. The predicted octanol–water partition coefficient (Wildman–Crippen LogP) is 1.06. The van der Waals surface area contributed by atoms with Crippen LogP contribution >= 0.6 is 0 Å². The van der Waals surface area contributed by atoms with Crippen molar-refractivity contribution in [1.82, 2.24) is 19.8 Å². The SMILES string of the molecule is CNCCn1cc(S(=O)(=O)NCC2C(C)(C)C2(C)C)cn1. The maximum absolute atomic E-state index is 12.3. The lowest BCUT2D eigenvalue weighted by atomic mass is 10.0. The van der Waals surface area contributed by atoms with E-state index in [1.807, 2.05) is 7.05 Å². The summed E-state index contributed by atoms with van der Waals surface area (Å²) in [5.41, 5.74) is 0.346. The van der Waals surface area contributed by atoms with Gasteiger partial charge in [0.15, 0.2) is 0 Å². The van der Waals surface area contributed by atoms with Gasteiger partial charge in [-0.25, -0.2) is 13.1 Å². The van der Waals surface area contributed by atoms with Gasteiger partial charge < -0.3 is 5.32 Å². The summed E-state index contributed by atoms with van der Waals surface area (Å²) in [6.07, 6.45) is 2.98. The summed E-state index contributed by atoms with van der Waals surface area (Å²) in [5.74, 6) is 0.360. The minimum atomic E-state index is -3.47. The Hall–Kier alpha value is -0.920. The normalized spacial score (nSPS) is 20.6. The number of nitrogens with zero attached hydrogens (tertiary/aromatic N) is 2. The summed E-state index contributed by atoms with van der Waals surface area (Å²) in [6.45, 7) is 10.6. The summed E-state index contributed by atoms with van der Waals surface area (Å²) in [7, 11) is -1.62. The molecule has 1 heterocycles. The van der Waals surface area contributed by atoms with Crippen LogP contribution in [0.1, 0.15) is 27.7 Å². The number of hydrogen-bond donors (Lipinski definition) is 2. The van der Waals surface area contributed by atoms with Crippen LogP contribution in [-0.4, -0.2) is 38.3 Å². The highest BCUT2D eigenvalue weighted by Crippen LogP contribution is 2.67. The third-order valence-electron chi connectivity index (χ3n) is 5.31. The van der Waals surface area contributed by atoms with Crippen LogP contribution in [0.3, 0.4) is 0 Å². The molecule has 2 rings (SSSR count). The average molecular weight is 314 g/mol. The van der Waals surface area contributed by atoms with Gasteiger partial charge in [-0.15, -0.1) is 0 Å². The molecular weight excluding hydrogens is 288 g/mol. The number of aromatic nitrogens is 2. The topological polar surface area (TPSA) is 76.0 Å². The second-order valence-electron chi connectivity index (χ2n) is 6.89. The Morgan fingerprint density at radius 2 is 1.90 bits per heavy atom. The van der Waals surface area contributed by atoms with Crippen LogP contribution in [-0.2, 0) is 16.6 Å². The molecule has 1 fully saturated rings. The molecule has 0 radical (unpaired) electrons. The smallest absolute Gasteiger partial charge is 0.243 e. The third-order valence-corrected chi connectivity index (χ3v) is 6.69. The molecule has 0 atom stereocenters. The molecule has 120 valence electrons. The maximum atomic E-state index is 12.3. The van der Waals surface area contributed by atoms with E-state index in [0.717, 1.165) is 6.54 Å². The van der Waals surface area contributed by atoms with Crippen molar-refractivity contribution in [3.05, 3.63) is 12.4 Å². The van der Waals surface area contributed by atoms with E-state index in [4.69, 9.17) is 0 Å². The van der Waals surface area contributed by atoms with Crippen molar-refractivity contribution >= 4 is 10.0 Å². The number of nitrogens with one attached hydrogen (secondary N) is 2. The van der Waals surface area contributed by atoms with Gasteiger partial charge in [-0.3, -0.25) is 4.68 Å². The van der Waals surface area contributed by atoms with Crippen molar-refractivity contribution in [2.24, 2.45) is 16.7 Å². The van der Waals surface area contributed by atoms with Crippen LogP contribution in [0.4, 0.5) is 0 Å². The van der Waals surface area contributed by atoms with Crippen LogP contribution in [0, 0.1) is 16.7 Å². The lowest BCUT2D eigenvalue weighted by molar-refractivity contribution is 0.457. The van der Waals surface area contributed by atoms with E-state index in [-0.39, 0.29) is 15.7 Å². The number of likely N-dealkylation sites (N-methyl/N-ethyl adjacent to an activating group) is 1. The van der Waals surface area contributed by atoms with Crippen molar-refractivity contribution < 1.29 is 8.42 Å². The zero-order valence-electron chi connectivity index (χ0n) is 13.5. The molecule has 0 saturated heterocycles. The summed E-state index contributed by atoms with van der Waals surface area (Å²) in [4.78, 5) is 0.231. The van der Waals surface area contributed by atoms with Crippen molar-refractivity contribution in [3.8, 4) is 0 Å². The molecule has 1 aliphatic rings. The summed E-state index contributed by atoms with van der Waals surface area (Å²) >= 11 is 0. The first-order valence-electron chi connectivity index (χ1n) is 7.29. The second-order valence-corrected chi connectivity index (χ2v) is 8.66. The third kappa shape index (κ3) is 3.00. The molecule has 0 aliphatic heterocycles. The zero-order valence-corrected chi connectivity index (χ0v) is 14.3. The van der Waals surface area contributed by atoms with Gasteiger partial charge in [0.1, 0.15) is 4.90 Å². The monoisotopic (exact) mass is 314 g/mol. The van der Waals surface area contributed by atoms with Crippen molar-refractivity contribution in [2.75, 3.05) is 20.1 Å². The van der Waals surface area contributed by atoms with Crippen LogP contribution in [0.5, 0.6) is 0 Å². The fourth-order valence-corrected chi connectivity index (χ4v) is 3.95. The van der Waals surface area contributed by atoms with Gasteiger partial charge in [0.05, 0.1) is 12.7 Å². The van der Waals surface area contributed by atoms with Crippen LogP contribution < -0.4 is 10.0 Å². The Bertz CT molecular complexity index is 590. The van der Waals surface area contributed by atoms with Crippen LogP contribution in [0.15, 0.2) is 17.3 Å². The average Bonchev–Trinajstić information content (AvgIpc) is 2.76. The molecule has 6 nitrogen and oxygen atoms in total.